The predicted octanol–water partition coefficient (Wildman–Crippen LogP) is 3.46. The molecule has 22 heavy (non-hydrogen) atoms. The quantitative estimate of drug-likeness (QED) is 0.807. The molecule has 0 bridgehead atoms. The van der Waals surface area contributed by atoms with E-state index in [0.717, 1.165) is 16.7 Å². The van der Waals surface area contributed by atoms with Gasteiger partial charge in [0.25, 0.3) is 5.91 Å². The summed E-state index contributed by atoms with van der Waals surface area (Å²) in [7, 11) is 0. The van der Waals surface area contributed by atoms with E-state index in [1.165, 1.54) is 0 Å². The normalized spacial score (nSPS) is 26.8. The zero-order chi connectivity index (χ0) is 15.3. The number of carbonyl (C=O) groups excluding carboxylic acids is 2. The highest BCUT2D eigenvalue weighted by Crippen LogP contribution is 2.50. The van der Waals surface area contributed by atoms with Crippen molar-refractivity contribution in [3.05, 3.63) is 71.3 Å². The molecule has 1 amide bonds. The van der Waals surface area contributed by atoms with E-state index in [1.54, 1.807) is 0 Å². The third kappa shape index (κ3) is 1.68. The van der Waals surface area contributed by atoms with Crippen molar-refractivity contribution in [1.29, 1.82) is 0 Å². The fourth-order valence-corrected chi connectivity index (χ4v) is 3.99. The van der Waals surface area contributed by atoms with Crippen molar-refractivity contribution in [3.8, 4) is 0 Å². The number of rotatable bonds is 1. The molecule has 2 heterocycles. The molecule has 2 aliphatic rings. The van der Waals surface area contributed by atoms with Gasteiger partial charge in [-0.3, -0.25) is 9.59 Å². The van der Waals surface area contributed by atoms with E-state index in [1.807, 2.05) is 66.4 Å². The van der Waals surface area contributed by atoms with Crippen molar-refractivity contribution in [1.82, 2.24) is 4.90 Å². The zero-order valence-corrected chi connectivity index (χ0v) is 12.5. The molecule has 0 aliphatic carbocycles. The first-order chi connectivity index (χ1) is 10.6. The molecule has 0 spiro atoms. The van der Waals surface area contributed by atoms with Crippen molar-refractivity contribution in [2.45, 2.75) is 31.3 Å². The van der Waals surface area contributed by atoms with Crippen molar-refractivity contribution in [2.24, 2.45) is 0 Å². The van der Waals surface area contributed by atoms with Crippen LogP contribution in [-0.2, 0) is 10.3 Å². The van der Waals surface area contributed by atoms with Gasteiger partial charge in [-0.2, -0.15) is 0 Å². The van der Waals surface area contributed by atoms with Crippen LogP contribution in [0.5, 0.6) is 0 Å². The van der Waals surface area contributed by atoms with Gasteiger partial charge in [0.1, 0.15) is 5.78 Å². The topological polar surface area (TPSA) is 37.4 Å². The number of Topliss-reactive ketones (excluding diaryl/α,β-unsaturated/α-hetero) is 1. The van der Waals surface area contributed by atoms with Crippen LogP contribution < -0.4 is 0 Å². The monoisotopic (exact) mass is 291 g/mol. The summed E-state index contributed by atoms with van der Waals surface area (Å²) in [5, 5.41) is 0. The lowest BCUT2D eigenvalue weighted by Gasteiger charge is -2.45. The highest BCUT2D eigenvalue weighted by molar-refractivity contribution is 6.02. The van der Waals surface area contributed by atoms with Crippen LogP contribution in [0.15, 0.2) is 54.6 Å². The van der Waals surface area contributed by atoms with E-state index in [4.69, 9.17) is 0 Å². The Morgan fingerprint density at radius 3 is 2.45 bits per heavy atom. The molecule has 4 rings (SSSR count). The summed E-state index contributed by atoms with van der Waals surface area (Å²) < 4.78 is 0. The van der Waals surface area contributed by atoms with Crippen LogP contribution >= 0.6 is 0 Å². The molecule has 2 aromatic rings. The van der Waals surface area contributed by atoms with Gasteiger partial charge in [0.15, 0.2) is 0 Å². The smallest absolute Gasteiger partial charge is 0.255 e. The summed E-state index contributed by atoms with van der Waals surface area (Å²) in [6.07, 6.45) is 0.804. The molecule has 1 fully saturated rings. The molecular formula is C19H17NO2. The predicted molar refractivity (Wildman–Crippen MR) is 83.4 cm³/mol. The van der Waals surface area contributed by atoms with Crippen molar-refractivity contribution in [2.75, 3.05) is 0 Å². The number of hydrogen-bond acceptors (Lipinski definition) is 2. The Balaban J connectivity index is 1.89. The summed E-state index contributed by atoms with van der Waals surface area (Å²) in [6.45, 7) is 2.02. The van der Waals surface area contributed by atoms with Gasteiger partial charge < -0.3 is 4.90 Å². The van der Waals surface area contributed by atoms with E-state index in [2.05, 4.69) is 0 Å². The molecule has 0 saturated carbocycles. The first-order valence-corrected chi connectivity index (χ1v) is 7.61. The van der Waals surface area contributed by atoms with Crippen LogP contribution in [0.4, 0.5) is 0 Å². The second kappa shape index (κ2) is 4.54. The number of nitrogens with zero attached hydrogens (tertiary/aromatic N) is 1. The minimum absolute atomic E-state index is 0.0412. The number of hydrogen-bond donors (Lipinski definition) is 0. The number of piperidine rings is 1. The molecule has 2 atom stereocenters. The number of ketones is 1. The lowest BCUT2D eigenvalue weighted by molar-refractivity contribution is -0.127. The lowest BCUT2D eigenvalue weighted by Crippen LogP contribution is -2.49. The minimum atomic E-state index is -0.524. The van der Waals surface area contributed by atoms with E-state index in [0.29, 0.717) is 12.8 Å². The SMILES string of the molecule is C[C@@]12CC(=O)C[C@H](c3ccccc3)N1C(=O)c1ccccc12. The van der Waals surface area contributed by atoms with E-state index < -0.39 is 5.54 Å². The second-order valence-corrected chi connectivity index (χ2v) is 6.34. The average Bonchev–Trinajstić information content (AvgIpc) is 2.76. The fraction of sp³-hybridized carbons (Fsp3) is 0.263. The van der Waals surface area contributed by atoms with Gasteiger partial charge in [0.05, 0.1) is 11.6 Å². The molecule has 0 unspecified atom stereocenters. The molecule has 3 heteroatoms. The third-order valence-corrected chi connectivity index (χ3v) is 4.95. The van der Waals surface area contributed by atoms with Gasteiger partial charge in [0.2, 0.25) is 0 Å². The standard InChI is InChI=1S/C19H17NO2/c1-19-12-14(21)11-17(13-7-3-2-4-8-13)20(19)18(22)15-9-5-6-10-16(15)19/h2-10,17H,11-12H2,1H3/t17-,19+/m1/s1. The molecule has 0 N–H and O–H groups in total. The van der Waals surface area contributed by atoms with E-state index >= 15 is 0 Å². The van der Waals surface area contributed by atoms with Gasteiger partial charge in [-0.25, -0.2) is 0 Å². The van der Waals surface area contributed by atoms with Crippen molar-refractivity contribution in [3.63, 3.8) is 0 Å². The van der Waals surface area contributed by atoms with Crippen LogP contribution in [0, 0.1) is 0 Å². The molecule has 1 saturated heterocycles. The van der Waals surface area contributed by atoms with Gasteiger partial charge in [0, 0.05) is 18.4 Å². The average molecular weight is 291 g/mol. The molecule has 110 valence electrons. The Morgan fingerprint density at radius 2 is 1.68 bits per heavy atom. The third-order valence-electron chi connectivity index (χ3n) is 4.95. The number of fused-ring (bicyclic) bond motifs is 3. The van der Waals surface area contributed by atoms with Crippen LogP contribution in [0.3, 0.4) is 0 Å². The van der Waals surface area contributed by atoms with Crippen LogP contribution in [0.1, 0.15) is 47.3 Å². The molecular weight excluding hydrogens is 274 g/mol. The van der Waals surface area contributed by atoms with Crippen molar-refractivity contribution < 1.29 is 9.59 Å². The van der Waals surface area contributed by atoms with E-state index in [-0.39, 0.29) is 17.7 Å². The number of benzene rings is 2. The summed E-state index contributed by atoms with van der Waals surface area (Å²) in [5.41, 5.74) is 2.22. The molecule has 3 nitrogen and oxygen atoms in total. The summed E-state index contributed by atoms with van der Waals surface area (Å²) >= 11 is 0. The first-order valence-electron chi connectivity index (χ1n) is 7.61. The molecule has 0 radical (unpaired) electrons. The fourth-order valence-electron chi connectivity index (χ4n) is 3.99. The molecule has 2 aromatic carbocycles. The van der Waals surface area contributed by atoms with E-state index in [9.17, 15) is 9.59 Å². The van der Waals surface area contributed by atoms with Gasteiger partial charge in [-0.1, -0.05) is 48.5 Å². The Hall–Kier alpha value is -2.42. The summed E-state index contributed by atoms with van der Waals surface area (Å²) in [5.74, 6) is 0.261. The largest absolute Gasteiger partial charge is 0.321 e. The highest BCUT2D eigenvalue weighted by atomic mass is 16.2. The van der Waals surface area contributed by atoms with Gasteiger partial charge >= 0.3 is 0 Å². The maximum atomic E-state index is 12.9. The Kier molecular flexibility index (Phi) is 2.73. The summed E-state index contributed by atoms with van der Waals surface area (Å²) in [4.78, 5) is 27.2. The Labute approximate surface area is 129 Å². The van der Waals surface area contributed by atoms with Gasteiger partial charge in [-0.05, 0) is 24.1 Å². The van der Waals surface area contributed by atoms with Crippen LogP contribution in [0.2, 0.25) is 0 Å². The molecule has 0 aromatic heterocycles. The van der Waals surface area contributed by atoms with Crippen LogP contribution in [0.25, 0.3) is 0 Å². The minimum Gasteiger partial charge on any atom is -0.321 e. The van der Waals surface area contributed by atoms with Crippen LogP contribution in [-0.4, -0.2) is 16.6 Å². The molecule has 2 aliphatic heterocycles. The van der Waals surface area contributed by atoms with Crippen molar-refractivity contribution >= 4 is 11.7 Å². The Bertz CT molecular complexity index is 768. The summed E-state index contributed by atoms with van der Waals surface area (Å²) in [6, 6.07) is 17.4. The Morgan fingerprint density at radius 1 is 1.00 bits per heavy atom. The lowest BCUT2D eigenvalue weighted by atomic mass is 9.79. The number of amides is 1. The maximum Gasteiger partial charge on any atom is 0.255 e. The maximum absolute atomic E-state index is 12.9. The second-order valence-electron chi connectivity index (χ2n) is 6.34. The highest BCUT2D eigenvalue weighted by Gasteiger charge is 2.53. The first kappa shape index (κ1) is 13.3. The van der Waals surface area contributed by atoms with Gasteiger partial charge in [-0.15, -0.1) is 0 Å². The number of carbonyl (C=O) groups is 2. The zero-order valence-electron chi connectivity index (χ0n) is 12.5.